The number of nitrogens with one attached hydrogen (secondary N) is 1. The molecule has 0 atom stereocenters. The fourth-order valence-corrected chi connectivity index (χ4v) is 3.10. The number of nitrogens with zero attached hydrogens (tertiary/aromatic N) is 2. The molecule has 3 rings (SSSR count). The van der Waals surface area contributed by atoms with Crippen LogP contribution in [-0.4, -0.2) is 38.4 Å². The Hall–Kier alpha value is -3.02. The maximum atomic E-state index is 12.3. The predicted molar refractivity (Wildman–Crippen MR) is 112 cm³/mol. The molecular formula is C22H27N3O3. The molecule has 148 valence electrons. The van der Waals surface area contributed by atoms with Crippen LogP contribution >= 0.6 is 0 Å². The third kappa shape index (κ3) is 5.03. The summed E-state index contributed by atoms with van der Waals surface area (Å²) in [6, 6.07) is 13.3. The molecule has 0 aliphatic carbocycles. The fourth-order valence-electron chi connectivity index (χ4n) is 3.10. The number of hydrogen-bond donors (Lipinski definition) is 1. The number of ether oxygens (including phenoxy) is 2. The number of rotatable bonds is 8. The van der Waals surface area contributed by atoms with Crippen molar-refractivity contribution in [3.8, 4) is 11.5 Å². The monoisotopic (exact) mass is 381 g/mol. The molecule has 2 aromatic carbocycles. The van der Waals surface area contributed by atoms with Gasteiger partial charge in [0.1, 0.15) is 13.2 Å². The summed E-state index contributed by atoms with van der Waals surface area (Å²) in [6.07, 6.45) is 3.88. The molecule has 0 unspecified atom stereocenters. The molecule has 6 nitrogen and oxygen atoms in total. The zero-order valence-electron chi connectivity index (χ0n) is 16.5. The number of hydrogen-bond acceptors (Lipinski definition) is 5. The Morgan fingerprint density at radius 1 is 1.04 bits per heavy atom. The van der Waals surface area contributed by atoms with E-state index in [2.05, 4.69) is 41.4 Å². The van der Waals surface area contributed by atoms with Crippen LogP contribution in [0.1, 0.15) is 42.6 Å². The average Bonchev–Trinajstić information content (AvgIpc) is 2.73. The molecule has 0 bridgehead atoms. The van der Waals surface area contributed by atoms with Crippen molar-refractivity contribution >= 4 is 17.8 Å². The molecule has 1 aliphatic heterocycles. The van der Waals surface area contributed by atoms with Crippen LogP contribution in [0.4, 0.5) is 5.69 Å². The van der Waals surface area contributed by atoms with Crippen LogP contribution in [0.25, 0.3) is 0 Å². The first-order chi connectivity index (χ1) is 13.7. The molecule has 1 N–H and O–H groups in total. The summed E-state index contributed by atoms with van der Waals surface area (Å²) in [5.41, 5.74) is 5.17. The molecule has 6 heteroatoms. The van der Waals surface area contributed by atoms with Gasteiger partial charge in [-0.05, 0) is 48.7 Å². The van der Waals surface area contributed by atoms with Gasteiger partial charge in [0.15, 0.2) is 11.5 Å². The van der Waals surface area contributed by atoms with Crippen LogP contribution in [0.3, 0.4) is 0 Å². The van der Waals surface area contributed by atoms with Crippen LogP contribution in [0, 0.1) is 0 Å². The highest BCUT2D eigenvalue weighted by Crippen LogP contribution is 2.30. The highest BCUT2D eigenvalue weighted by atomic mass is 16.6. The normalized spacial score (nSPS) is 12.8. The van der Waals surface area contributed by atoms with Gasteiger partial charge in [-0.2, -0.15) is 5.10 Å². The topological polar surface area (TPSA) is 63.2 Å². The molecule has 0 fully saturated rings. The molecule has 0 radical (unpaired) electrons. The summed E-state index contributed by atoms with van der Waals surface area (Å²) in [4.78, 5) is 14.7. The maximum Gasteiger partial charge on any atom is 0.271 e. The quantitative estimate of drug-likeness (QED) is 0.557. The van der Waals surface area contributed by atoms with Crippen molar-refractivity contribution in [2.75, 3.05) is 31.2 Å². The van der Waals surface area contributed by atoms with Crippen molar-refractivity contribution in [2.24, 2.45) is 5.10 Å². The van der Waals surface area contributed by atoms with E-state index in [0.29, 0.717) is 30.3 Å². The fraction of sp³-hybridized carbons (Fsp3) is 0.364. The Kier molecular flexibility index (Phi) is 6.89. The molecular weight excluding hydrogens is 354 g/mol. The van der Waals surface area contributed by atoms with E-state index in [1.165, 1.54) is 5.69 Å². The summed E-state index contributed by atoms with van der Waals surface area (Å²) in [7, 11) is 0. The molecule has 0 aromatic heterocycles. The molecule has 0 saturated carbocycles. The lowest BCUT2D eigenvalue weighted by Gasteiger charge is -2.23. The molecule has 2 aromatic rings. The van der Waals surface area contributed by atoms with E-state index < -0.39 is 0 Å². The van der Waals surface area contributed by atoms with E-state index >= 15 is 0 Å². The second-order valence-corrected chi connectivity index (χ2v) is 6.64. The SMILES string of the molecule is CCCN(CCC)c1ccc(C=NNC(=O)c2ccc3c(c2)OCCO3)cc1. The molecule has 28 heavy (non-hydrogen) atoms. The van der Waals surface area contributed by atoms with Crippen LogP contribution < -0.4 is 19.8 Å². The first-order valence-corrected chi connectivity index (χ1v) is 9.79. The number of fused-ring (bicyclic) bond motifs is 1. The van der Waals surface area contributed by atoms with Gasteiger partial charge >= 0.3 is 0 Å². The minimum absolute atomic E-state index is 0.290. The highest BCUT2D eigenvalue weighted by molar-refractivity contribution is 5.95. The van der Waals surface area contributed by atoms with Crippen LogP contribution in [0.5, 0.6) is 11.5 Å². The lowest BCUT2D eigenvalue weighted by molar-refractivity contribution is 0.0954. The third-order valence-electron chi connectivity index (χ3n) is 4.43. The maximum absolute atomic E-state index is 12.3. The molecule has 1 heterocycles. The summed E-state index contributed by atoms with van der Waals surface area (Å²) in [5, 5.41) is 4.07. The van der Waals surface area contributed by atoms with Gasteiger partial charge in [0.05, 0.1) is 6.21 Å². The Morgan fingerprint density at radius 2 is 1.71 bits per heavy atom. The standard InChI is InChI=1S/C22H27N3O3/c1-3-11-25(12-4-2)19-8-5-17(6-9-19)16-23-24-22(26)18-7-10-20-21(15-18)28-14-13-27-20/h5-10,15-16H,3-4,11-14H2,1-2H3,(H,24,26). The van der Waals surface area contributed by atoms with Crippen molar-refractivity contribution in [3.05, 3.63) is 53.6 Å². The van der Waals surface area contributed by atoms with Crippen molar-refractivity contribution < 1.29 is 14.3 Å². The summed E-state index contributed by atoms with van der Waals surface area (Å²) in [6.45, 7) is 7.48. The van der Waals surface area contributed by atoms with E-state index in [0.717, 1.165) is 31.5 Å². The summed E-state index contributed by atoms with van der Waals surface area (Å²) < 4.78 is 11.0. The minimum Gasteiger partial charge on any atom is -0.486 e. The number of amides is 1. The van der Waals surface area contributed by atoms with Crippen LogP contribution in [-0.2, 0) is 0 Å². The predicted octanol–water partition coefficient (Wildman–Crippen LogP) is 3.85. The number of hydrazone groups is 1. The Morgan fingerprint density at radius 3 is 2.39 bits per heavy atom. The van der Waals surface area contributed by atoms with Crippen LogP contribution in [0.15, 0.2) is 47.6 Å². The number of carbonyl (C=O) groups excluding carboxylic acids is 1. The smallest absolute Gasteiger partial charge is 0.271 e. The lowest BCUT2D eigenvalue weighted by atomic mass is 10.2. The summed E-state index contributed by atoms with van der Waals surface area (Å²) >= 11 is 0. The zero-order chi connectivity index (χ0) is 19.8. The molecule has 0 saturated heterocycles. The lowest BCUT2D eigenvalue weighted by Crippen LogP contribution is -2.24. The first-order valence-electron chi connectivity index (χ1n) is 9.79. The van der Waals surface area contributed by atoms with E-state index in [1.54, 1.807) is 24.4 Å². The zero-order valence-corrected chi connectivity index (χ0v) is 16.5. The molecule has 1 aliphatic rings. The second kappa shape index (κ2) is 9.78. The van der Waals surface area contributed by atoms with Gasteiger partial charge in [0.2, 0.25) is 0 Å². The second-order valence-electron chi connectivity index (χ2n) is 6.64. The van der Waals surface area contributed by atoms with E-state index in [4.69, 9.17) is 9.47 Å². The highest BCUT2D eigenvalue weighted by Gasteiger charge is 2.14. The third-order valence-corrected chi connectivity index (χ3v) is 4.43. The largest absolute Gasteiger partial charge is 0.486 e. The van der Waals surface area contributed by atoms with Gasteiger partial charge in [-0.15, -0.1) is 0 Å². The number of benzene rings is 2. The van der Waals surface area contributed by atoms with Gasteiger partial charge in [0, 0.05) is 24.3 Å². The number of carbonyl (C=O) groups is 1. The first kappa shape index (κ1) is 19.7. The molecule has 1 amide bonds. The van der Waals surface area contributed by atoms with Gasteiger partial charge in [-0.3, -0.25) is 4.79 Å². The Labute approximate surface area is 166 Å². The van der Waals surface area contributed by atoms with Gasteiger partial charge in [0.25, 0.3) is 5.91 Å². The minimum atomic E-state index is -0.290. The van der Waals surface area contributed by atoms with E-state index in [-0.39, 0.29) is 5.91 Å². The van der Waals surface area contributed by atoms with Gasteiger partial charge in [-0.25, -0.2) is 5.43 Å². The van der Waals surface area contributed by atoms with Crippen LogP contribution in [0.2, 0.25) is 0 Å². The Balaban J connectivity index is 1.59. The molecule has 0 spiro atoms. The number of anilines is 1. The Bertz CT molecular complexity index is 812. The van der Waals surface area contributed by atoms with E-state index in [1.807, 2.05) is 12.1 Å². The van der Waals surface area contributed by atoms with Crippen molar-refractivity contribution in [1.82, 2.24) is 5.43 Å². The van der Waals surface area contributed by atoms with Gasteiger partial charge < -0.3 is 14.4 Å². The van der Waals surface area contributed by atoms with Crippen molar-refractivity contribution in [1.29, 1.82) is 0 Å². The van der Waals surface area contributed by atoms with E-state index in [9.17, 15) is 4.79 Å². The summed E-state index contributed by atoms with van der Waals surface area (Å²) in [5.74, 6) is 0.954. The van der Waals surface area contributed by atoms with Gasteiger partial charge in [-0.1, -0.05) is 26.0 Å². The average molecular weight is 381 g/mol. The van der Waals surface area contributed by atoms with Crippen molar-refractivity contribution in [3.63, 3.8) is 0 Å². The van der Waals surface area contributed by atoms with Crippen molar-refractivity contribution in [2.45, 2.75) is 26.7 Å².